The van der Waals surface area contributed by atoms with Gasteiger partial charge in [-0.15, -0.1) is 0 Å². The molecule has 1 spiro atoms. The van der Waals surface area contributed by atoms with Crippen LogP contribution in [0.3, 0.4) is 0 Å². The van der Waals surface area contributed by atoms with Crippen LogP contribution < -0.4 is 16.0 Å². The van der Waals surface area contributed by atoms with Crippen LogP contribution in [0.4, 0.5) is 4.79 Å². The summed E-state index contributed by atoms with van der Waals surface area (Å²) in [6.07, 6.45) is 4.48. The Morgan fingerprint density at radius 1 is 1.38 bits per heavy atom. The summed E-state index contributed by atoms with van der Waals surface area (Å²) in [7, 11) is 0. The predicted molar refractivity (Wildman–Crippen MR) is 64.4 cm³/mol. The molecule has 1 aliphatic carbocycles. The van der Waals surface area contributed by atoms with Gasteiger partial charge in [0.05, 0.1) is 11.6 Å². The summed E-state index contributed by atoms with van der Waals surface area (Å²) in [6.45, 7) is 6.48. The van der Waals surface area contributed by atoms with Crippen molar-refractivity contribution in [3.8, 4) is 0 Å². The number of carbonyl (C=O) groups is 1. The Morgan fingerprint density at radius 3 is 2.44 bits per heavy atom. The van der Waals surface area contributed by atoms with Gasteiger partial charge in [0.2, 0.25) is 0 Å². The van der Waals surface area contributed by atoms with Gasteiger partial charge in [-0.3, -0.25) is 0 Å². The second-order valence-electron chi connectivity index (χ2n) is 5.57. The number of carbonyl (C=O) groups excluding carboxylic acids is 1. The fourth-order valence-corrected chi connectivity index (χ4v) is 3.03. The molecule has 1 saturated heterocycles. The fourth-order valence-electron chi connectivity index (χ4n) is 3.03. The molecule has 0 bridgehead atoms. The van der Waals surface area contributed by atoms with Crippen molar-refractivity contribution in [3.63, 3.8) is 0 Å². The van der Waals surface area contributed by atoms with E-state index in [-0.39, 0.29) is 17.6 Å². The van der Waals surface area contributed by atoms with E-state index in [9.17, 15) is 4.79 Å². The third-order valence-electron chi connectivity index (χ3n) is 3.99. The van der Waals surface area contributed by atoms with E-state index in [1.807, 2.05) is 0 Å². The van der Waals surface area contributed by atoms with Crippen molar-refractivity contribution in [1.82, 2.24) is 16.0 Å². The molecule has 4 heteroatoms. The van der Waals surface area contributed by atoms with Gasteiger partial charge in [0.15, 0.2) is 0 Å². The molecule has 0 aromatic carbocycles. The first-order valence-corrected chi connectivity index (χ1v) is 6.36. The molecule has 4 nitrogen and oxygen atoms in total. The van der Waals surface area contributed by atoms with Gasteiger partial charge in [-0.1, -0.05) is 13.8 Å². The Balaban J connectivity index is 1.91. The molecule has 0 aromatic heterocycles. The van der Waals surface area contributed by atoms with E-state index in [1.54, 1.807) is 0 Å². The zero-order chi connectivity index (χ0) is 11.8. The average Bonchev–Trinajstić information content (AvgIpc) is 2.45. The SMILES string of the molecule is CC(C)NC1CCC2(CC1)NC(=O)NC2C. The van der Waals surface area contributed by atoms with E-state index in [4.69, 9.17) is 0 Å². The van der Waals surface area contributed by atoms with Crippen molar-refractivity contribution in [2.24, 2.45) is 0 Å². The molecular formula is C12H23N3O. The third-order valence-corrected chi connectivity index (χ3v) is 3.99. The molecule has 92 valence electrons. The topological polar surface area (TPSA) is 53.2 Å². The fraction of sp³-hybridized carbons (Fsp3) is 0.917. The van der Waals surface area contributed by atoms with E-state index in [2.05, 4.69) is 36.7 Å². The summed E-state index contributed by atoms with van der Waals surface area (Å²) in [5.41, 5.74) is 0.0201. The van der Waals surface area contributed by atoms with Crippen LogP contribution in [0, 0.1) is 0 Å². The van der Waals surface area contributed by atoms with Gasteiger partial charge >= 0.3 is 6.03 Å². The standard InChI is InChI=1S/C12H23N3O/c1-8(2)13-10-4-6-12(7-5-10)9(3)14-11(16)15-12/h8-10,13H,4-7H2,1-3H3,(H2,14,15,16). The lowest BCUT2D eigenvalue weighted by atomic mass is 9.76. The van der Waals surface area contributed by atoms with Gasteiger partial charge in [-0.25, -0.2) is 4.79 Å². The minimum Gasteiger partial charge on any atom is -0.333 e. The second kappa shape index (κ2) is 4.24. The quantitative estimate of drug-likeness (QED) is 0.665. The van der Waals surface area contributed by atoms with Crippen LogP contribution in [-0.4, -0.2) is 29.7 Å². The molecular weight excluding hydrogens is 202 g/mol. The number of hydrogen-bond acceptors (Lipinski definition) is 2. The van der Waals surface area contributed by atoms with Crippen LogP contribution in [0.1, 0.15) is 46.5 Å². The van der Waals surface area contributed by atoms with Crippen LogP contribution in [0.25, 0.3) is 0 Å². The lowest BCUT2D eigenvalue weighted by molar-refractivity contribution is 0.200. The highest BCUT2D eigenvalue weighted by molar-refractivity contribution is 5.78. The molecule has 1 saturated carbocycles. The minimum atomic E-state index is 0.00256. The zero-order valence-electron chi connectivity index (χ0n) is 10.5. The van der Waals surface area contributed by atoms with Crippen molar-refractivity contribution in [2.45, 2.75) is 70.1 Å². The van der Waals surface area contributed by atoms with Crippen LogP contribution in [-0.2, 0) is 0 Å². The highest BCUT2D eigenvalue weighted by Gasteiger charge is 2.45. The Labute approximate surface area is 97.6 Å². The zero-order valence-corrected chi connectivity index (χ0v) is 10.5. The maximum absolute atomic E-state index is 11.3. The molecule has 3 N–H and O–H groups in total. The van der Waals surface area contributed by atoms with Gasteiger partial charge in [-0.2, -0.15) is 0 Å². The van der Waals surface area contributed by atoms with Crippen molar-refractivity contribution in [1.29, 1.82) is 0 Å². The molecule has 2 aliphatic rings. The molecule has 0 radical (unpaired) electrons. The number of rotatable bonds is 2. The van der Waals surface area contributed by atoms with Gasteiger partial charge in [0.25, 0.3) is 0 Å². The van der Waals surface area contributed by atoms with Gasteiger partial charge < -0.3 is 16.0 Å². The predicted octanol–water partition coefficient (Wildman–Crippen LogP) is 1.37. The number of hydrogen-bond donors (Lipinski definition) is 3. The van der Waals surface area contributed by atoms with Crippen molar-refractivity contribution in [3.05, 3.63) is 0 Å². The van der Waals surface area contributed by atoms with E-state index in [1.165, 1.54) is 0 Å². The molecule has 1 heterocycles. The average molecular weight is 225 g/mol. The summed E-state index contributed by atoms with van der Waals surface area (Å²) in [4.78, 5) is 11.3. The summed E-state index contributed by atoms with van der Waals surface area (Å²) in [5, 5.41) is 9.66. The Bertz CT molecular complexity index is 269. The monoisotopic (exact) mass is 225 g/mol. The first-order valence-electron chi connectivity index (χ1n) is 6.36. The molecule has 2 fully saturated rings. The van der Waals surface area contributed by atoms with Crippen molar-refractivity contribution < 1.29 is 4.79 Å². The molecule has 1 unspecified atom stereocenters. The van der Waals surface area contributed by atoms with Gasteiger partial charge in [0, 0.05) is 12.1 Å². The van der Waals surface area contributed by atoms with E-state index in [0.29, 0.717) is 12.1 Å². The Morgan fingerprint density at radius 2 is 2.00 bits per heavy atom. The number of nitrogens with one attached hydrogen (secondary N) is 3. The summed E-state index contributed by atoms with van der Waals surface area (Å²) >= 11 is 0. The van der Waals surface area contributed by atoms with Gasteiger partial charge in [-0.05, 0) is 32.6 Å². The minimum absolute atomic E-state index is 0.00256. The highest BCUT2D eigenvalue weighted by atomic mass is 16.2. The molecule has 1 aliphatic heterocycles. The highest BCUT2D eigenvalue weighted by Crippen LogP contribution is 2.33. The number of amides is 2. The largest absolute Gasteiger partial charge is 0.333 e. The third kappa shape index (κ3) is 2.17. The van der Waals surface area contributed by atoms with Crippen LogP contribution in [0.2, 0.25) is 0 Å². The molecule has 1 atom stereocenters. The van der Waals surface area contributed by atoms with E-state index in [0.717, 1.165) is 25.7 Å². The molecule has 16 heavy (non-hydrogen) atoms. The number of urea groups is 1. The Hall–Kier alpha value is -0.770. The first kappa shape index (κ1) is 11.7. The van der Waals surface area contributed by atoms with E-state index >= 15 is 0 Å². The normalized spacial score (nSPS) is 38.9. The maximum atomic E-state index is 11.3. The lowest BCUT2D eigenvalue weighted by Gasteiger charge is -2.40. The van der Waals surface area contributed by atoms with Crippen molar-refractivity contribution in [2.75, 3.05) is 0 Å². The molecule has 0 aromatic rings. The van der Waals surface area contributed by atoms with E-state index < -0.39 is 0 Å². The maximum Gasteiger partial charge on any atom is 0.315 e. The summed E-state index contributed by atoms with van der Waals surface area (Å²) < 4.78 is 0. The second-order valence-corrected chi connectivity index (χ2v) is 5.57. The first-order chi connectivity index (χ1) is 7.52. The van der Waals surface area contributed by atoms with Crippen LogP contribution in [0.15, 0.2) is 0 Å². The summed E-state index contributed by atoms with van der Waals surface area (Å²) in [6, 6.07) is 1.44. The smallest absolute Gasteiger partial charge is 0.315 e. The van der Waals surface area contributed by atoms with Crippen LogP contribution >= 0.6 is 0 Å². The Kier molecular flexibility index (Phi) is 3.10. The molecule has 2 amide bonds. The summed E-state index contributed by atoms with van der Waals surface area (Å²) in [5.74, 6) is 0. The van der Waals surface area contributed by atoms with Crippen LogP contribution in [0.5, 0.6) is 0 Å². The van der Waals surface area contributed by atoms with Gasteiger partial charge in [0.1, 0.15) is 0 Å². The molecule has 2 rings (SSSR count). The lowest BCUT2D eigenvalue weighted by Crippen LogP contribution is -2.53. The van der Waals surface area contributed by atoms with Crippen molar-refractivity contribution >= 4 is 6.03 Å².